The molecule has 0 aromatic heterocycles. The molecule has 108 valence electrons. The van der Waals surface area contributed by atoms with Crippen molar-refractivity contribution in [3.63, 3.8) is 0 Å². The van der Waals surface area contributed by atoms with Gasteiger partial charge in [-0.05, 0) is 48.8 Å². The maximum atomic E-state index is 12.2. The number of carbonyl (C=O) groups is 1. The zero-order chi connectivity index (χ0) is 14.1. The van der Waals surface area contributed by atoms with E-state index in [2.05, 4.69) is 5.32 Å². The van der Waals surface area contributed by atoms with Crippen molar-refractivity contribution in [1.29, 1.82) is 0 Å². The molecule has 2 bridgehead atoms. The highest BCUT2D eigenvalue weighted by Gasteiger charge is 2.43. The van der Waals surface area contributed by atoms with Gasteiger partial charge in [-0.2, -0.15) is 0 Å². The van der Waals surface area contributed by atoms with Gasteiger partial charge in [-0.3, -0.25) is 0 Å². The summed E-state index contributed by atoms with van der Waals surface area (Å²) in [5.41, 5.74) is 1.14. The number of hydrogen-bond donors (Lipinski definition) is 1. The molecule has 0 saturated heterocycles. The van der Waals surface area contributed by atoms with Crippen molar-refractivity contribution in [2.75, 3.05) is 7.05 Å². The van der Waals surface area contributed by atoms with Gasteiger partial charge in [0.25, 0.3) is 0 Å². The Labute approximate surface area is 125 Å². The standard InChI is InChI=1S/C16H21ClN2O/c1-18-16(20)19(10-11-3-6-14(17)7-4-11)15-9-12-2-5-13(15)8-12/h3-4,6-7,12-13,15H,2,5,8-10H2,1H3,(H,18,20). The van der Waals surface area contributed by atoms with Crippen LogP contribution in [0.5, 0.6) is 0 Å². The summed E-state index contributed by atoms with van der Waals surface area (Å²) in [6.45, 7) is 0.671. The van der Waals surface area contributed by atoms with Crippen LogP contribution in [-0.2, 0) is 6.54 Å². The van der Waals surface area contributed by atoms with Gasteiger partial charge in [0.2, 0.25) is 0 Å². The Morgan fingerprint density at radius 1 is 1.30 bits per heavy atom. The van der Waals surface area contributed by atoms with Crippen LogP contribution in [0, 0.1) is 11.8 Å². The van der Waals surface area contributed by atoms with Gasteiger partial charge in [-0.25, -0.2) is 4.79 Å². The van der Waals surface area contributed by atoms with E-state index in [1.807, 2.05) is 29.2 Å². The molecule has 0 spiro atoms. The summed E-state index contributed by atoms with van der Waals surface area (Å²) < 4.78 is 0. The number of benzene rings is 1. The van der Waals surface area contributed by atoms with Crippen molar-refractivity contribution in [2.45, 2.75) is 38.3 Å². The predicted octanol–water partition coefficient (Wildman–Crippen LogP) is 3.67. The fraction of sp³-hybridized carbons (Fsp3) is 0.562. The van der Waals surface area contributed by atoms with Crippen molar-refractivity contribution in [3.8, 4) is 0 Å². The van der Waals surface area contributed by atoms with Gasteiger partial charge in [0.05, 0.1) is 0 Å². The number of hydrogen-bond acceptors (Lipinski definition) is 1. The summed E-state index contributed by atoms with van der Waals surface area (Å²) in [7, 11) is 1.71. The molecule has 20 heavy (non-hydrogen) atoms. The first-order valence-corrected chi connectivity index (χ1v) is 7.78. The van der Waals surface area contributed by atoms with Crippen molar-refractivity contribution in [3.05, 3.63) is 34.9 Å². The van der Waals surface area contributed by atoms with E-state index in [9.17, 15) is 4.79 Å². The summed E-state index contributed by atoms with van der Waals surface area (Å²) >= 11 is 5.92. The molecule has 2 amide bonds. The normalized spacial score (nSPS) is 27.6. The van der Waals surface area contributed by atoms with Gasteiger partial charge in [0, 0.05) is 24.7 Å². The smallest absolute Gasteiger partial charge is 0.317 e. The van der Waals surface area contributed by atoms with Crippen LogP contribution in [-0.4, -0.2) is 24.0 Å². The molecule has 3 rings (SSSR count). The summed E-state index contributed by atoms with van der Waals surface area (Å²) in [4.78, 5) is 14.3. The van der Waals surface area contributed by atoms with Gasteiger partial charge in [0.1, 0.15) is 0 Å². The number of halogens is 1. The second-order valence-corrected chi connectivity index (χ2v) is 6.49. The zero-order valence-corrected chi connectivity index (χ0v) is 12.6. The molecule has 2 fully saturated rings. The van der Waals surface area contributed by atoms with Crippen LogP contribution in [0.2, 0.25) is 5.02 Å². The van der Waals surface area contributed by atoms with E-state index in [0.29, 0.717) is 18.5 Å². The van der Waals surface area contributed by atoms with Crippen LogP contribution in [0.4, 0.5) is 4.79 Å². The molecule has 0 aliphatic heterocycles. The van der Waals surface area contributed by atoms with E-state index >= 15 is 0 Å². The molecule has 4 heteroatoms. The van der Waals surface area contributed by atoms with E-state index in [0.717, 1.165) is 16.5 Å². The molecule has 2 aliphatic carbocycles. The summed E-state index contributed by atoms with van der Waals surface area (Å²) in [6, 6.07) is 8.23. The Morgan fingerprint density at radius 3 is 2.60 bits per heavy atom. The van der Waals surface area contributed by atoms with Crippen LogP contribution in [0.1, 0.15) is 31.2 Å². The molecule has 1 aromatic rings. The monoisotopic (exact) mass is 292 g/mol. The van der Waals surface area contributed by atoms with Crippen LogP contribution < -0.4 is 5.32 Å². The Morgan fingerprint density at radius 2 is 2.05 bits per heavy atom. The maximum Gasteiger partial charge on any atom is 0.317 e. The van der Waals surface area contributed by atoms with Gasteiger partial charge in [0.15, 0.2) is 0 Å². The number of urea groups is 1. The highest BCUT2D eigenvalue weighted by atomic mass is 35.5. The first-order valence-electron chi connectivity index (χ1n) is 7.40. The number of amides is 2. The third-order valence-corrected chi connectivity index (χ3v) is 5.09. The van der Waals surface area contributed by atoms with E-state index in [-0.39, 0.29) is 6.03 Å². The Kier molecular flexibility index (Phi) is 3.88. The summed E-state index contributed by atoms with van der Waals surface area (Å²) in [5.74, 6) is 1.53. The second-order valence-electron chi connectivity index (χ2n) is 6.05. The highest BCUT2D eigenvalue weighted by Crippen LogP contribution is 2.46. The molecule has 0 heterocycles. The molecule has 2 saturated carbocycles. The molecule has 1 N–H and O–H groups in total. The first-order chi connectivity index (χ1) is 9.67. The molecule has 0 radical (unpaired) electrons. The van der Waals surface area contributed by atoms with Gasteiger partial charge in [-0.15, -0.1) is 0 Å². The Hall–Kier alpha value is -1.22. The van der Waals surface area contributed by atoms with E-state index in [1.165, 1.54) is 25.7 Å². The minimum Gasteiger partial charge on any atom is -0.341 e. The van der Waals surface area contributed by atoms with Gasteiger partial charge >= 0.3 is 6.03 Å². The number of fused-ring (bicyclic) bond motifs is 2. The molecule has 1 aromatic carbocycles. The largest absolute Gasteiger partial charge is 0.341 e. The zero-order valence-electron chi connectivity index (χ0n) is 11.8. The molecule has 3 atom stereocenters. The topological polar surface area (TPSA) is 32.3 Å². The van der Waals surface area contributed by atoms with Crippen molar-refractivity contribution in [1.82, 2.24) is 10.2 Å². The predicted molar refractivity (Wildman–Crippen MR) is 80.7 cm³/mol. The average molecular weight is 293 g/mol. The average Bonchev–Trinajstić information content (AvgIpc) is 3.08. The van der Waals surface area contributed by atoms with Crippen molar-refractivity contribution < 1.29 is 4.79 Å². The van der Waals surface area contributed by atoms with E-state index in [4.69, 9.17) is 11.6 Å². The van der Waals surface area contributed by atoms with E-state index in [1.54, 1.807) is 7.05 Å². The quantitative estimate of drug-likeness (QED) is 0.906. The van der Waals surface area contributed by atoms with Crippen LogP contribution in [0.15, 0.2) is 24.3 Å². The molecular weight excluding hydrogens is 272 g/mol. The van der Waals surface area contributed by atoms with E-state index < -0.39 is 0 Å². The number of carbonyl (C=O) groups excluding carboxylic acids is 1. The van der Waals surface area contributed by atoms with Crippen LogP contribution in [0.3, 0.4) is 0 Å². The molecule has 3 unspecified atom stereocenters. The maximum absolute atomic E-state index is 12.2. The summed E-state index contributed by atoms with van der Waals surface area (Å²) in [6.07, 6.45) is 5.11. The number of nitrogens with one attached hydrogen (secondary N) is 1. The minimum atomic E-state index is 0.0394. The van der Waals surface area contributed by atoms with Gasteiger partial charge < -0.3 is 10.2 Å². The fourth-order valence-electron chi connectivity index (χ4n) is 3.86. The third-order valence-electron chi connectivity index (χ3n) is 4.84. The first kappa shape index (κ1) is 13.7. The lowest BCUT2D eigenvalue weighted by atomic mass is 9.94. The molecule has 2 aliphatic rings. The lowest BCUT2D eigenvalue weighted by Gasteiger charge is -2.34. The molecule has 3 nitrogen and oxygen atoms in total. The summed E-state index contributed by atoms with van der Waals surface area (Å²) in [5, 5.41) is 3.53. The highest BCUT2D eigenvalue weighted by molar-refractivity contribution is 6.30. The fourth-order valence-corrected chi connectivity index (χ4v) is 3.99. The van der Waals surface area contributed by atoms with Crippen LogP contribution >= 0.6 is 11.6 Å². The Bertz CT molecular complexity index is 488. The van der Waals surface area contributed by atoms with Crippen LogP contribution in [0.25, 0.3) is 0 Å². The SMILES string of the molecule is CNC(=O)N(Cc1ccc(Cl)cc1)C1CC2CCC1C2. The second kappa shape index (κ2) is 5.65. The molecular formula is C16H21ClN2O. The van der Waals surface area contributed by atoms with Crippen molar-refractivity contribution in [2.24, 2.45) is 11.8 Å². The number of nitrogens with zero attached hydrogens (tertiary/aromatic N) is 1. The van der Waals surface area contributed by atoms with Gasteiger partial charge in [-0.1, -0.05) is 30.2 Å². The number of rotatable bonds is 3. The Balaban J connectivity index is 1.76. The lowest BCUT2D eigenvalue weighted by Crippen LogP contribution is -2.46. The van der Waals surface area contributed by atoms with Crippen molar-refractivity contribution >= 4 is 17.6 Å². The third kappa shape index (κ3) is 2.64. The lowest BCUT2D eigenvalue weighted by molar-refractivity contribution is 0.144. The minimum absolute atomic E-state index is 0.0394.